The third kappa shape index (κ3) is 3.36. The molecule has 6 nitrogen and oxygen atoms in total. The molecule has 1 aliphatic carbocycles. The predicted molar refractivity (Wildman–Crippen MR) is 122 cm³/mol. The zero-order valence-electron chi connectivity index (χ0n) is 15.5. The van der Waals surface area contributed by atoms with Crippen LogP contribution in [0.3, 0.4) is 0 Å². The Labute approximate surface area is 185 Å². The number of benzene rings is 1. The molecule has 1 aromatic carbocycles. The van der Waals surface area contributed by atoms with Crippen molar-refractivity contribution in [2.75, 3.05) is 5.32 Å². The minimum absolute atomic E-state index is 0.113. The van der Waals surface area contributed by atoms with Crippen LogP contribution >= 0.6 is 33.9 Å². The van der Waals surface area contributed by atoms with Gasteiger partial charge in [0.2, 0.25) is 5.91 Å². The molecule has 3 aromatic heterocycles. The molecule has 1 N–H and O–H groups in total. The first-order valence-corrected chi connectivity index (χ1v) is 11.1. The molecule has 4 aromatic rings. The van der Waals surface area contributed by atoms with Gasteiger partial charge < -0.3 is 5.32 Å². The van der Waals surface area contributed by atoms with Crippen molar-refractivity contribution in [1.29, 1.82) is 0 Å². The van der Waals surface area contributed by atoms with Crippen LogP contribution in [0.15, 0.2) is 48.8 Å². The molecule has 0 spiro atoms. The number of anilines is 1. The average molecular weight is 513 g/mol. The molecule has 3 heterocycles. The zero-order valence-corrected chi connectivity index (χ0v) is 18.5. The summed E-state index contributed by atoms with van der Waals surface area (Å²) >= 11 is 3.82. The maximum absolute atomic E-state index is 11.5. The molecule has 8 heteroatoms. The van der Waals surface area contributed by atoms with E-state index in [-0.39, 0.29) is 5.91 Å². The van der Waals surface area contributed by atoms with Crippen LogP contribution in [-0.2, 0) is 17.6 Å². The predicted octanol–water partition coefficient (Wildman–Crippen LogP) is 4.72. The largest absolute Gasteiger partial charge is 0.302 e. The smallest absolute Gasteiger partial charge is 0.223 e. The molecule has 0 radical (unpaired) electrons. The van der Waals surface area contributed by atoms with E-state index in [9.17, 15) is 4.79 Å². The summed E-state index contributed by atoms with van der Waals surface area (Å²) < 4.78 is 3.15. The number of halogens is 1. The number of aromatic nitrogens is 4. The van der Waals surface area contributed by atoms with Crippen LogP contribution in [0.2, 0.25) is 0 Å². The lowest BCUT2D eigenvalue weighted by atomic mass is 9.95. The van der Waals surface area contributed by atoms with Crippen LogP contribution in [0.5, 0.6) is 0 Å². The van der Waals surface area contributed by atoms with Crippen LogP contribution < -0.4 is 5.32 Å². The summed E-state index contributed by atoms with van der Waals surface area (Å²) in [6.07, 6.45) is 5.30. The van der Waals surface area contributed by atoms with Crippen molar-refractivity contribution in [2.24, 2.45) is 0 Å². The van der Waals surface area contributed by atoms with Crippen molar-refractivity contribution in [3.63, 3.8) is 0 Å². The Hall–Kier alpha value is -2.59. The van der Waals surface area contributed by atoms with Gasteiger partial charge in [-0.15, -0.1) is 0 Å². The first-order chi connectivity index (χ1) is 14.1. The summed E-state index contributed by atoms with van der Waals surface area (Å²) in [5, 5.41) is 8.47. The Kier molecular flexibility index (Phi) is 4.67. The molecule has 0 saturated heterocycles. The van der Waals surface area contributed by atoms with Crippen molar-refractivity contribution in [3.05, 3.63) is 63.6 Å². The minimum Gasteiger partial charge on any atom is -0.302 e. The fourth-order valence-corrected chi connectivity index (χ4v) is 5.25. The highest BCUT2D eigenvalue weighted by Crippen LogP contribution is 2.44. The molecular weight excluding hydrogens is 497 g/mol. The van der Waals surface area contributed by atoms with Gasteiger partial charge >= 0.3 is 0 Å². The summed E-state index contributed by atoms with van der Waals surface area (Å²) in [6, 6.07) is 12.3. The number of rotatable bonds is 3. The standard InChI is InChI=1S/C21H16IN5OS/c1-12(28)24-21-25-17-8-7-16-18(13-4-3-9-23-11-13)26-27(19(16)20(17)29-21)15-6-2-5-14(22)10-15/h2-6,9-11H,7-8H2,1H3,(H,24,25,28). The van der Waals surface area contributed by atoms with Gasteiger partial charge in [-0.2, -0.15) is 5.10 Å². The Balaban J connectivity index is 1.75. The van der Waals surface area contributed by atoms with Crippen molar-refractivity contribution >= 4 is 45.0 Å². The zero-order chi connectivity index (χ0) is 20.0. The second kappa shape index (κ2) is 7.34. The van der Waals surface area contributed by atoms with Gasteiger partial charge in [-0.1, -0.05) is 17.4 Å². The number of fused-ring (bicyclic) bond motifs is 3. The van der Waals surface area contributed by atoms with E-state index in [1.54, 1.807) is 6.20 Å². The van der Waals surface area contributed by atoms with Crippen LogP contribution in [0.25, 0.3) is 27.5 Å². The fraction of sp³-hybridized carbons (Fsp3) is 0.143. The molecular formula is C21H16IN5OS. The number of carbonyl (C=O) groups is 1. The molecule has 0 unspecified atom stereocenters. The molecule has 5 rings (SSSR count). The highest BCUT2D eigenvalue weighted by Gasteiger charge is 2.29. The van der Waals surface area contributed by atoms with Crippen molar-refractivity contribution in [3.8, 4) is 27.5 Å². The van der Waals surface area contributed by atoms with Gasteiger partial charge in [-0.3, -0.25) is 9.78 Å². The summed E-state index contributed by atoms with van der Waals surface area (Å²) in [7, 11) is 0. The van der Waals surface area contributed by atoms with Crippen LogP contribution in [0.4, 0.5) is 5.13 Å². The second-order valence-electron chi connectivity index (χ2n) is 6.79. The Morgan fingerprint density at radius 2 is 2.14 bits per heavy atom. The number of hydrogen-bond acceptors (Lipinski definition) is 5. The van der Waals surface area contributed by atoms with Crippen molar-refractivity contribution in [1.82, 2.24) is 19.7 Å². The monoisotopic (exact) mass is 513 g/mol. The minimum atomic E-state index is -0.113. The Morgan fingerprint density at radius 1 is 1.24 bits per heavy atom. The van der Waals surface area contributed by atoms with Gasteiger partial charge in [0.15, 0.2) is 5.13 Å². The van der Waals surface area contributed by atoms with Crippen LogP contribution in [0.1, 0.15) is 18.2 Å². The molecule has 0 atom stereocenters. The van der Waals surface area contributed by atoms with Gasteiger partial charge in [0.1, 0.15) is 0 Å². The van der Waals surface area contributed by atoms with E-state index in [2.05, 4.69) is 56.1 Å². The number of nitrogens with one attached hydrogen (secondary N) is 1. The third-order valence-electron chi connectivity index (χ3n) is 4.78. The maximum Gasteiger partial charge on any atom is 0.223 e. The van der Waals surface area contributed by atoms with Crippen LogP contribution in [-0.4, -0.2) is 25.7 Å². The van der Waals surface area contributed by atoms with Gasteiger partial charge in [0, 0.05) is 34.0 Å². The summed E-state index contributed by atoms with van der Waals surface area (Å²) in [5.74, 6) is -0.113. The third-order valence-corrected chi connectivity index (χ3v) is 6.47. The van der Waals surface area contributed by atoms with Crippen LogP contribution in [0, 0.1) is 3.57 Å². The Morgan fingerprint density at radius 3 is 2.90 bits per heavy atom. The first-order valence-electron chi connectivity index (χ1n) is 9.16. The second-order valence-corrected chi connectivity index (χ2v) is 9.03. The van der Waals surface area contributed by atoms with E-state index in [0.29, 0.717) is 5.13 Å². The summed E-state index contributed by atoms with van der Waals surface area (Å²) in [5.41, 5.74) is 6.22. The molecule has 0 fully saturated rings. The SMILES string of the molecule is CC(=O)Nc1nc2c(s1)-c1c(c(-c3cccnc3)nn1-c1cccc(I)c1)CC2. The number of carbonyl (C=O) groups excluding carboxylic acids is 1. The quantitative estimate of drug-likeness (QED) is 0.403. The summed E-state index contributed by atoms with van der Waals surface area (Å²) in [6.45, 7) is 1.50. The van der Waals surface area contributed by atoms with E-state index in [0.717, 1.165) is 49.6 Å². The molecule has 0 aliphatic heterocycles. The van der Waals surface area contributed by atoms with Gasteiger partial charge in [-0.05, 0) is 65.8 Å². The van der Waals surface area contributed by atoms with E-state index in [1.165, 1.54) is 23.8 Å². The molecule has 1 amide bonds. The summed E-state index contributed by atoms with van der Waals surface area (Å²) in [4.78, 5) is 21.5. The lowest BCUT2D eigenvalue weighted by molar-refractivity contribution is -0.114. The average Bonchev–Trinajstić information content (AvgIpc) is 3.29. The van der Waals surface area contributed by atoms with E-state index < -0.39 is 0 Å². The van der Waals surface area contributed by atoms with E-state index in [4.69, 9.17) is 5.10 Å². The highest BCUT2D eigenvalue weighted by atomic mass is 127. The van der Waals surface area contributed by atoms with E-state index in [1.807, 2.05) is 29.1 Å². The van der Waals surface area contributed by atoms with Gasteiger partial charge in [0.05, 0.1) is 27.6 Å². The highest BCUT2D eigenvalue weighted by molar-refractivity contribution is 14.1. The fourth-order valence-electron chi connectivity index (χ4n) is 3.60. The number of hydrogen-bond donors (Lipinski definition) is 1. The molecule has 1 aliphatic rings. The van der Waals surface area contributed by atoms with Crippen molar-refractivity contribution < 1.29 is 4.79 Å². The number of amides is 1. The normalized spacial score (nSPS) is 12.3. The molecule has 29 heavy (non-hydrogen) atoms. The number of thiazole rings is 1. The topological polar surface area (TPSA) is 72.7 Å². The molecule has 0 saturated carbocycles. The molecule has 0 bridgehead atoms. The lowest BCUT2D eigenvalue weighted by Gasteiger charge is -2.14. The van der Waals surface area contributed by atoms with E-state index >= 15 is 0 Å². The lowest BCUT2D eigenvalue weighted by Crippen LogP contribution is -2.07. The maximum atomic E-state index is 11.5. The van der Waals surface area contributed by atoms with Gasteiger partial charge in [0.25, 0.3) is 0 Å². The van der Waals surface area contributed by atoms with Gasteiger partial charge in [-0.25, -0.2) is 9.67 Å². The number of nitrogens with zero attached hydrogens (tertiary/aromatic N) is 4. The first kappa shape index (κ1) is 18.4. The Bertz CT molecular complexity index is 1230. The van der Waals surface area contributed by atoms with Crippen molar-refractivity contribution in [2.45, 2.75) is 19.8 Å². The molecule has 144 valence electrons. The number of pyridine rings is 1. The number of aryl methyl sites for hydroxylation is 1.